The summed E-state index contributed by atoms with van der Waals surface area (Å²) in [6.45, 7) is 1.96. The molecule has 3 heterocycles. The fraction of sp³-hybridized carbons (Fsp3) is 0.444. The normalized spacial score (nSPS) is 21.4. The molecule has 2 aliphatic rings. The van der Waals surface area contributed by atoms with E-state index in [1.54, 1.807) is 27.8 Å². The molecule has 0 spiro atoms. The van der Waals surface area contributed by atoms with Gasteiger partial charge in [-0.05, 0) is 42.8 Å². The predicted molar refractivity (Wildman–Crippen MR) is 108 cm³/mol. The molecule has 10 heteroatoms. The molecular weight excluding hydrogens is 402 g/mol. The van der Waals surface area contributed by atoms with Crippen molar-refractivity contribution in [2.45, 2.75) is 17.2 Å². The number of nitrogens with one attached hydrogen (secondary N) is 2. The van der Waals surface area contributed by atoms with E-state index < -0.39 is 10.0 Å². The number of halogens is 1. The van der Waals surface area contributed by atoms with Gasteiger partial charge >= 0.3 is 0 Å². The van der Waals surface area contributed by atoms with Crippen molar-refractivity contribution in [3.63, 3.8) is 0 Å². The maximum Gasteiger partial charge on any atom is 0.240 e. The van der Waals surface area contributed by atoms with E-state index in [1.807, 2.05) is 19.4 Å². The molecule has 2 aliphatic heterocycles. The average molecular weight is 426 g/mol. The average Bonchev–Trinajstić information content (AvgIpc) is 3.39. The minimum atomic E-state index is -3.49. The van der Waals surface area contributed by atoms with Crippen LogP contribution in [0.4, 0.5) is 5.69 Å². The summed E-state index contributed by atoms with van der Waals surface area (Å²) < 4.78 is 28.1. The van der Waals surface area contributed by atoms with Crippen LogP contribution in [0.25, 0.3) is 0 Å². The molecule has 0 aliphatic carbocycles. The van der Waals surface area contributed by atoms with Crippen LogP contribution in [0.3, 0.4) is 0 Å². The number of rotatable bonds is 4. The molecule has 152 valence electrons. The van der Waals surface area contributed by atoms with Gasteiger partial charge in [0.05, 0.1) is 17.0 Å². The third-order valence-corrected chi connectivity index (χ3v) is 6.89. The van der Waals surface area contributed by atoms with E-state index in [9.17, 15) is 13.2 Å². The number of benzene rings is 1. The van der Waals surface area contributed by atoms with Gasteiger partial charge in [-0.3, -0.25) is 9.48 Å². The number of carbonyl (C=O) groups excluding carboxylic acids is 1. The molecule has 28 heavy (non-hydrogen) atoms. The highest BCUT2D eigenvalue weighted by Gasteiger charge is 2.39. The van der Waals surface area contributed by atoms with E-state index in [0.717, 1.165) is 23.4 Å². The van der Waals surface area contributed by atoms with Crippen molar-refractivity contribution in [3.8, 4) is 0 Å². The van der Waals surface area contributed by atoms with E-state index in [0.29, 0.717) is 19.5 Å². The van der Waals surface area contributed by atoms with Crippen LogP contribution in [-0.2, 0) is 28.3 Å². The number of aryl methyl sites for hydroxylation is 1. The number of fused-ring (bicyclic) bond motifs is 1. The van der Waals surface area contributed by atoms with E-state index in [-0.39, 0.29) is 35.0 Å². The van der Waals surface area contributed by atoms with E-state index >= 15 is 0 Å². The molecule has 1 saturated heterocycles. The maximum absolute atomic E-state index is 13.3. The summed E-state index contributed by atoms with van der Waals surface area (Å²) in [4.78, 5) is 15.3. The lowest BCUT2D eigenvalue weighted by Crippen LogP contribution is -2.37. The second-order valence-corrected chi connectivity index (χ2v) is 8.94. The molecular formula is C18H24ClN5O3S. The van der Waals surface area contributed by atoms with Gasteiger partial charge in [0.25, 0.3) is 0 Å². The van der Waals surface area contributed by atoms with Crippen LogP contribution in [0.15, 0.2) is 35.5 Å². The molecule has 1 aromatic heterocycles. The van der Waals surface area contributed by atoms with Crippen LogP contribution in [0, 0.1) is 5.92 Å². The van der Waals surface area contributed by atoms with Crippen molar-refractivity contribution in [2.24, 2.45) is 13.0 Å². The van der Waals surface area contributed by atoms with Crippen molar-refractivity contribution in [1.82, 2.24) is 19.8 Å². The number of nitrogens with zero attached hydrogens (tertiary/aromatic N) is 3. The summed E-state index contributed by atoms with van der Waals surface area (Å²) in [5.41, 5.74) is 2.77. The van der Waals surface area contributed by atoms with Gasteiger partial charge in [-0.15, -0.1) is 12.4 Å². The standard InChI is InChI=1S/C18H23N5O3S.ClH/c1-19-27(25,26)14-3-4-17-12(7-14)5-6-23(17)18(24)16-10-20-9-15(16)13-8-21-22(2)11-13;/h3-4,7-8,11,15-16,19-20H,5-6,9-10H2,1-2H3;1H/t15-,16+;/m1./s1. The highest BCUT2D eigenvalue weighted by molar-refractivity contribution is 7.89. The van der Waals surface area contributed by atoms with Crippen LogP contribution < -0.4 is 14.9 Å². The molecule has 1 amide bonds. The molecule has 1 fully saturated rings. The van der Waals surface area contributed by atoms with Gasteiger partial charge in [-0.25, -0.2) is 13.1 Å². The van der Waals surface area contributed by atoms with Crippen molar-refractivity contribution in [1.29, 1.82) is 0 Å². The fourth-order valence-electron chi connectivity index (χ4n) is 4.01. The van der Waals surface area contributed by atoms with E-state index in [4.69, 9.17) is 0 Å². The first-order valence-electron chi connectivity index (χ1n) is 8.98. The first kappa shape index (κ1) is 20.8. The molecule has 4 rings (SSSR count). The van der Waals surface area contributed by atoms with Gasteiger partial charge in [0, 0.05) is 44.5 Å². The quantitative estimate of drug-likeness (QED) is 0.749. The molecule has 0 radical (unpaired) electrons. The van der Waals surface area contributed by atoms with Crippen LogP contribution in [-0.4, -0.2) is 50.8 Å². The minimum absolute atomic E-state index is 0. The second-order valence-electron chi connectivity index (χ2n) is 7.06. The van der Waals surface area contributed by atoms with Crippen LogP contribution in [0.1, 0.15) is 17.0 Å². The van der Waals surface area contributed by atoms with Gasteiger partial charge in [0.2, 0.25) is 15.9 Å². The third kappa shape index (κ3) is 3.55. The zero-order valence-electron chi connectivity index (χ0n) is 15.8. The molecule has 2 atom stereocenters. The summed E-state index contributed by atoms with van der Waals surface area (Å²) in [7, 11) is -0.224. The Hall–Kier alpha value is -1.94. The molecule has 0 saturated carbocycles. The van der Waals surface area contributed by atoms with Crippen LogP contribution in [0.2, 0.25) is 0 Å². The van der Waals surface area contributed by atoms with Crippen LogP contribution in [0.5, 0.6) is 0 Å². The maximum atomic E-state index is 13.3. The Morgan fingerprint density at radius 1 is 1.32 bits per heavy atom. The zero-order chi connectivity index (χ0) is 19.2. The topological polar surface area (TPSA) is 96.3 Å². The molecule has 0 unspecified atom stereocenters. The summed E-state index contributed by atoms with van der Waals surface area (Å²) >= 11 is 0. The Balaban J connectivity index is 0.00000225. The largest absolute Gasteiger partial charge is 0.315 e. The van der Waals surface area contributed by atoms with Gasteiger partial charge in [0.15, 0.2) is 0 Å². The first-order chi connectivity index (χ1) is 12.9. The Kier molecular flexibility index (Phi) is 5.81. The lowest BCUT2D eigenvalue weighted by atomic mass is 9.90. The first-order valence-corrected chi connectivity index (χ1v) is 10.5. The number of carbonyl (C=O) groups is 1. The minimum Gasteiger partial charge on any atom is -0.315 e. The lowest BCUT2D eigenvalue weighted by Gasteiger charge is -2.24. The summed E-state index contributed by atoms with van der Waals surface area (Å²) in [6.07, 6.45) is 4.45. The molecule has 2 aromatic rings. The number of anilines is 1. The van der Waals surface area contributed by atoms with Crippen molar-refractivity contribution < 1.29 is 13.2 Å². The third-order valence-electron chi connectivity index (χ3n) is 5.48. The smallest absolute Gasteiger partial charge is 0.240 e. The zero-order valence-corrected chi connectivity index (χ0v) is 17.4. The number of aromatic nitrogens is 2. The summed E-state index contributed by atoms with van der Waals surface area (Å²) in [5, 5.41) is 7.55. The molecule has 1 aromatic carbocycles. The Bertz CT molecular complexity index is 991. The van der Waals surface area contributed by atoms with Crippen LogP contribution >= 0.6 is 12.4 Å². The Morgan fingerprint density at radius 2 is 2.11 bits per heavy atom. The molecule has 0 bridgehead atoms. The number of amides is 1. The SMILES string of the molecule is CNS(=O)(=O)c1ccc2c(c1)CCN2C(=O)[C@H]1CNC[C@@H]1c1cnn(C)c1.Cl. The van der Waals surface area contributed by atoms with Gasteiger partial charge in [0.1, 0.15) is 0 Å². The summed E-state index contributed by atoms with van der Waals surface area (Å²) in [5.74, 6) is 0.0249. The van der Waals surface area contributed by atoms with Crippen molar-refractivity contribution >= 4 is 34.0 Å². The number of sulfonamides is 1. The van der Waals surface area contributed by atoms with Crippen molar-refractivity contribution in [3.05, 3.63) is 41.7 Å². The predicted octanol–water partition coefficient (Wildman–Crippen LogP) is 0.642. The number of hydrogen-bond donors (Lipinski definition) is 2. The van der Waals surface area contributed by atoms with E-state index in [2.05, 4.69) is 15.1 Å². The molecule has 2 N–H and O–H groups in total. The fourth-order valence-corrected chi connectivity index (χ4v) is 4.79. The monoisotopic (exact) mass is 425 g/mol. The van der Waals surface area contributed by atoms with Gasteiger partial charge < -0.3 is 10.2 Å². The lowest BCUT2D eigenvalue weighted by molar-refractivity contribution is -0.122. The Labute approximate surface area is 170 Å². The van der Waals surface area contributed by atoms with Gasteiger partial charge in [-0.1, -0.05) is 0 Å². The van der Waals surface area contributed by atoms with E-state index in [1.165, 1.54) is 7.05 Å². The Morgan fingerprint density at radius 3 is 2.79 bits per heavy atom. The number of hydrogen-bond acceptors (Lipinski definition) is 5. The highest BCUT2D eigenvalue weighted by Crippen LogP contribution is 2.35. The molecule has 8 nitrogen and oxygen atoms in total. The summed E-state index contributed by atoms with van der Waals surface area (Å²) in [6, 6.07) is 4.97. The second kappa shape index (κ2) is 7.82. The highest BCUT2D eigenvalue weighted by atomic mass is 35.5. The van der Waals surface area contributed by atoms with Gasteiger partial charge in [-0.2, -0.15) is 5.10 Å². The van der Waals surface area contributed by atoms with Crippen molar-refractivity contribution in [2.75, 3.05) is 31.6 Å².